The maximum Gasteiger partial charge on any atom is 0.194 e. The highest BCUT2D eigenvalue weighted by molar-refractivity contribution is 9.10. The first kappa shape index (κ1) is 14.6. The van der Waals surface area contributed by atoms with Gasteiger partial charge in [-0.1, -0.05) is 6.07 Å². The molecule has 0 saturated heterocycles. The van der Waals surface area contributed by atoms with Crippen LogP contribution in [-0.2, 0) is 0 Å². The average Bonchev–Trinajstić information content (AvgIpc) is 2.69. The number of nitrogens with one attached hydrogen (secondary N) is 1. The molecule has 19 heavy (non-hydrogen) atoms. The molecule has 0 radical (unpaired) electrons. The van der Waals surface area contributed by atoms with Crippen LogP contribution in [0.1, 0.15) is 21.4 Å². The fourth-order valence-electron chi connectivity index (χ4n) is 1.89. The Morgan fingerprint density at radius 2 is 1.89 bits per heavy atom. The molecule has 0 aliphatic rings. The van der Waals surface area contributed by atoms with Crippen LogP contribution in [-0.4, -0.2) is 7.05 Å². The summed E-state index contributed by atoms with van der Waals surface area (Å²) in [6, 6.07) is 3.58. The van der Waals surface area contributed by atoms with Crippen LogP contribution in [0.2, 0.25) is 0 Å². The Hall–Kier alpha value is -0.850. The summed E-state index contributed by atoms with van der Waals surface area (Å²) in [4.78, 5) is 1.87. The van der Waals surface area contributed by atoms with Gasteiger partial charge in [-0.2, -0.15) is 0 Å². The largest absolute Gasteiger partial charge is 0.309 e. The predicted octanol–water partition coefficient (Wildman–Crippen LogP) is 4.55. The second-order valence-electron chi connectivity index (χ2n) is 4.06. The van der Waals surface area contributed by atoms with Gasteiger partial charge in [0.1, 0.15) is 0 Å². The summed E-state index contributed by atoms with van der Waals surface area (Å²) in [6.07, 6.45) is 0. The van der Waals surface area contributed by atoms with E-state index < -0.39 is 23.5 Å². The molecule has 102 valence electrons. The van der Waals surface area contributed by atoms with E-state index in [1.807, 2.05) is 13.0 Å². The third kappa shape index (κ3) is 2.70. The second kappa shape index (κ2) is 5.64. The summed E-state index contributed by atoms with van der Waals surface area (Å²) in [5.41, 5.74) is 0.0870. The van der Waals surface area contributed by atoms with Gasteiger partial charge in [-0.15, -0.1) is 11.3 Å². The summed E-state index contributed by atoms with van der Waals surface area (Å²) >= 11 is 4.86. The van der Waals surface area contributed by atoms with Gasteiger partial charge in [0.15, 0.2) is 17.5 Å². The molecule has 2 rings (SSSR count). The number of thiophene rings is 1. The lowest BCUT2D eigenvalue weighted by Crippen LogP contribution is -2.19. The molecule has 0 aliphatic carbocycles. The van der Waals surface area contributed by atoms with Gasteiger partial charge in [0.05, 0.1) is 6.04 Å². The lowest BCUT2D eigenvalue weighted by Gasteiger charge is -2.17. The van der Waals surface area contributed by atoms with E-state index in [2.05, 4.69) is 21.2 Å². The molecule has 0 bridgehead atoms. The van der Waals surface area contributed by atoms with E-state index in [9.17, 15) is 13.2 Å². The molecule has 1 nitrogen and oxygen atoms in total. The zero-order valence-corrected chi connectivity index (χ0v) is 12.6. The Labute approximate surface area is 121 Å². The smallest absolute Gasteiger partial charge is 0.194 e. The molecule has 2 aromatic rings. The van der Waals surface area contributed by atoms with Crippen LogP contribution in [0.15, 0.2) is 22.7 Å². The van der Waals surface area contributed by atoms with Crippen LogP contribution in [0.25, 0.3) is 0 Å². The van der Waals surface area contributed by atoms with E-state index in [0.717, 1.165) is 20.3 Å². The maximum absolute atomic E-state index is 13.9. The number of hydrogen-bond acceptors (Lipinski definition) is 2. The Bertz CT molecular complexity index is 612. The molecule has 1 unspecified atom stereocenters. The fourth-order valence-corrected chi connectivity index (χ4v) is 3.90. The molecule has 0 fully saturated rings. The number of halogens is 4. The summed E-state index contributed by atoms with van der Waals surface area (Å²) in [6.45, 7) is 1.92. The van der Waals surface area contributed by atoms with Crippen LogP contribution < -0.4 is 5.32 Å². The number of benzene rings is 1. The van der Waals surface area contributed by atoms with Crippen molar-refractivity contribution in [3.8, 4) is 0 Å². The van der Waals surface area contributed by atoms with E-state index in [-0.39, 0.29) is 5.56 Å². The van der Waals surface area contributed by atoms with E-state index >= 15 is 0 Å². The first-order valence-corrected chi connectivity index (χ1v) is 7.13. The Balaban J connectivity index is 2.54. The van der Waals surface area contributed by atoms with Crippen molar-refractivity contribution in [3.05, 3.63) is 55.4 Å². The molecule has 6 heteroatoms. The third-order valence-corrected chi connectivity index (χ3v) is 4.80. The van der Waals surface area contributed by atoms with Crippen molar-refractivity contribution in [1.82, 2.24) is 5.32 Å². The monoisotopic (exact) mass is 349 g/mol. The highest BCUT2D eigenvalue weighted by Gasteiger charge is 2.24. The van der Waals surface area contributed by atoms with Crippen molar-refractivity contribution in [2.45, 2.75) is 13.0 Å². The standard InChI is InChI=1S/C13H11BrF3NS/c1-6-5-8(14)13(19-6)12(18-2)7-3-4-9(15)11(17)10(7)16/h3-5,12,18H,1-2H3. The number of hydrogen-bond donors (Lipinski definition) is 1. The molecule has 1 aromatic heterocycles. The molecule has 1 aromatic carbocycles. The van der Waals surface area contributed by atoms with Gasteiger partial charge in [0, 0.05) is 19.8 Å². The summed E-state index contributed by atoms with van der Waals surface area (Å²) < 4.78 is 41.0. The summed E-state index contributed by atoms with van der Waals surface area (Å²) in [7, 11) is 1.65. The SMILES string of the molecule is CNC(c1ccc(F)c(F)c1F)c1sc(C)cc1Br. The highest BCUT2D eigenvalue weighted by Crippen LogP contribution is 2.36. The zero-order valence-electron chi connectivity index (χ0n) is 10.2. The lowest BCUT2D eigenvalue weighted by atomic mass is 10.0. The minimum atomic E-state index is -1.44. The number of rotatable bonds is 3. The molecule has 0 saturated carbocycles. The van der Waals surface area contributed by atoms with Crippen molar-refractivity contribution in [1.29, 1.82) is 0 Å². The van der Waals surface area contributed by atoms with Gasteiger partial charge >= 0.3 is 0 Å². The molecule has 1 N–H and O–H groups in total. The van der Waals surface area contributed by atoms with Gasteiger partial charge in [-0.3, -0.25) is 0 Å². The molecule has 0 aliphatic heterocycles. The van der Waals surface area contributed by atoms with Crippen LogP contribution >= 0.6 is 27.3 Å². The predicted molar refractivity (Wildman–Crippen MR) is 74.0 cm³/mol. The first-order chi connectivity index (χ1) is 8.95. The molecule has 0 spiro atoms. The molecular weight excluding hydrogens is 339 g/mol. The van der Waals surface area contributed by atoms with Crippen LogP contribution in [0.3, 0.4) is 0 Å². The Kier molecular flexibility index (Phi) is 4.32. The zero-order chi connectivity index (χ0) is 14.2. The van der Waals surface area contributed by atoms with E-state index in [1.54, 1.807) is 7.05 Å². The molecular formula is C13H11BrF3NS. The van der Waals surface area contributed by atoms with E-state index in [4.69, 9.17) is 0 Å². The summed E-state index contributed by atoms with van der Waals surface area (Å²) in [5, 5.41) is 2.93. The molecule has 1 heterocycles. The second-order valence-corrected chi connectivity index (χ2v) is 6.20. The van der Waals surface area contributed by atoms with Gasteiger partial charge < -0.3 is 5.32 Å². The first-order valence-electron chi connectivity index (χ1n) is 5.52. The highest BCUT2D eigenvalue weighted by atomic mass is 79.9. The van der Waals surface area contributed by atoms with Crippen molar-refractivity contribution in [3.63, 3.8) is 0 Å². The van der Waals surface area contributed by atoms with Gasteiger partial charge in [0.2, 0.25) is 0 Å². The topological polar surface area (TPSA) is 12.0 Å². The van der Waals surface area contributed by atoms with Gasteiger partial charge in [-0.05, 0) is 42.0 Å². The van der Waals surface area contributed by atoms with E-state index in [1.165, 1.54) is 17.4 Å². The van der Waals surface area contributed by atoms with Gasteiger partial charge in [0.25, 0.3) is 0 Å². The van der Waals surface area contributed by atoms with Crippen molar-refractivity contribution >= 4 is 27.3 Å². The minimum Gasteiger partial charge on any atom is -0.309 e. The van der Waals surface area contributed by atoms with Crippen LogP contribution in [0.4, 0.5) is 13.2 Å². The summed E-state index contributed by atoms with van der Waals surface area (Å²) in [5.74, 6) is -3.78. The van der Waals surface area contributed by atoms with Crippen molar-refractivity contribution in [2.24, 2.45) is 0 Å². The average molecular weight is 350 g/mol. The quantitative estimate of drug-likeness (QED) is 0.801. The Morgan fingerprint density at radius 1 is 1.21 bits per heavy atom. The van der Waals surface area contributed by atoms with Gasteiger partial charge in [-0.25, -0.2) is 13.2 Å². The van der Waals surface area contributed by atoms with Crippen LogP contribution in [0, 0.1) is 24.4 Å². The fraction of sp³-hybridized carbons (Fsp3) is 0.231. The molecule has 0 amide bonds. The normalized spacial score (nSPS) is 12.7. The minimum absolute atomic E-state index is 0.0870. The Morgan fingerprint density at radius 3 is 2.42 bits per heavy atom. The molecule has 1 atom stereocenters. The maximum atomic E-state index is 13.9. The number of aryl methyl sites for hydroxylation is 1. The van der Waals surface area contributed by atoms with Crippen LogP contribution in [0.5, 0.6) is 0 Å². The third-order valence-electron chi connectivity index (χ3n) is 2.76. The van der Waals surface area contributed by atoms with E-state index in [0.29, 0.717) is 0 Å². The lowest BCUT2D eigenvalue weighted by molar-refractivity contribution is 0.435. The van der Waals surface area contributed by atoms with Crippen molar-refractivity contribution < 1.29 is 13.2 Å². The van der Waals surface area contributed by atoms with Crippen molar-refractivity contribution in [2.75, 3.05) is 7.05 Å².